The SMILES string of the molecule is O=CNc1cnc(O)nc1O. The van der Waals surface area contributed by atoms with Gasteiger partial charge in [0, 0.05) is 0 Å². The van der Waals surface area contributed by atoms with Gasteiger partial charge in [0.15, 0.2) is 0 Å². The molecule has 1 aromatic rings. The highest BCUT2D eigenvalue weighted by molar-refractivity contribution is 5.73. The van der Waals surface area contributed by atoms with Crippen molar-refractivity contribution in [3.05, 3.63) is 6.20 Å². The van der Waals surface area contributed by atoms with E-state index in [4.69, 9.17) is 10.2 Å². The van der Waals surface area contributed by atoms with Crippen LogP contribution >= 0.6 is 0 Å². The number of aromatic nitrogens is 2. The van der Waals surface area contributed by atoms with E-state index >= 15 is 0 Å². The molecule has 3 N–H and O–H groups in total. The van der Waals surface area contributed by atoms with Crippen molar-refractivity contribution in [2.45, 2.75) is 0 Å². The van der Waals surface area contributed by atoms with Crippen molar-refractivity contribution in [2.24, 2.45) is 0 Å². The molecular formula is C5H5N3O3. The molecule has 0 aliphatic carbocycles. The monoisotopic (exact) mass is 155 g/mol. The first-order valence-corrected chi connectivity index (χ1v) is 2.69. The van der Waals surface area contributed by atoms with Crippen LogP contribution in [0.3, 0.4) is 0 Å². The molecule has 0 aromatic carbocycles. The minimum Gasteiger partial charge on any atom is -0.492 e. The van der Waals surface area contributed by atoms with Gasteiger partial charge in [0.1, 0.15) is 5.69 Å². The van der Waals surface area contributed by atoms with E-state index in [9.17, 15) is 4.79 Å². The van der Waals surface area contributed by atoms with Crippen molar-refractivity contribution in [1.82, 2.24) is 9.97 Å². The quantitative estimate of drug-likeness (QED) is 0.498. The zero-order chi connectivity index (χ0) is 8.27. The predicted molar refractivity (Wildman–Crippen MR) is 35.0 cm³/mol. The summed E-state index contributed by atoms with van der Waals surface area (Å²) in [4.78, 5) is 16.4. The van der Waals surface area contributed by atoms with Gasteiger partial charge in [-0.3, -0.25) is 4.79 Å². The average Bonchev–Trinajstić information content (AvgIpc) is 1.95. The van der Waals surface area contributed by atoms with Crippen molar-refractivity contribution < 1.29 is 15.0 Å². The molecule has 0 spiro atoms. The lowest BCUT2D eigenvalue weighted by Crippen LogP contribution is -1.96. The molecule has 0 saturated heterocycles. The fraction of sp³-hybridized carbons (Fsp3) is 0. The van der Waals surface area contributed by atoms with Crippen LogP contribution in [-0.4, -0.2) is 26.6 Å². The van der Waals surface area contributed by atoms with Gasteiger partial charge in [-0.15, -0.1) is 0 Å². The van der Waals surface area contributed by atoms with E-state index in [1.54, 1.807) is 0 Å². The summed E-state index contributed by atoms with van der Waals surface area (Å²) < 4.78 is 0. The number of hydrogen-bond donors (Lipinski definition) is 3. The van der Waals surface area contributed by atoms with E-state index in [1.165, 1.54) is 0 Å². The van der Waals surface area contributed by atoms with Crippen molar-refractivity contribution >= 4 is 12.1 Å². The van der Waals surface area contributed by atoms with Crippen molar-refractivity contribution in [2.75, 3.05) is 5.32 Å². The van der Waals surface area contributed by atoms with Crippen LogP contribution in [0.5, 0.6) is 11.9 Å². The van der Waals surface area contributed by atoms with Gasteiger partial charge in [0.2, 0.25) is 12.3 Å². The summed E-state index contributed by atoms with van der Waals surface area (Å²) in [6.07, 6.45) is 1.46. The van der Waals surface area contributed by atoms with Crippen LogP contribution in [0.2, 0.25) is 0 Å². The molecule has 6 nitrogen and oxygen atoms in total. The number of carbonyl (C=O) groups is 1. The zero-order valence-electron chi connectivity index (χ0n) is 5.35. The van der Waals surface area contributed by atoms with E-state index in [1.807, 2.05) is 0 Å². The Morgan fingerprint density at radius 2 is 2.27 bits per heavy atom. The van der Waals surface area contributed by atoms with Crippen molar-refractivity contribution in [3.63, 3.8) is 0 Å². The highest BCUT2D eigenvalue weighted by atomic mass is 16.3. The Hall–Kier alpha value is -1.85. The molecule has 0 unspecified atom stereocenters. The molecule has 0 saturated carbocycles. The normalized spacial score (nSPS) is 9.09. The fourth-order valence-corrected chi connectivity index (χ4v) is 0.529. The summed E-state index contributed by atoms with van der Waals surface area (Å²) in [7, 11) is 0. The molecule has 0 aliphatic heterocycles. The smallest absolute Gasteiger partial charge is 0.317 e. The second-order valence-corrected chi connectivity index (χ2v) is 1.67. The van der Waals surface area contributed by atoms with Crippen LogP contribution in [0.1, 0.15) is 0 Å². The Balaban J connectivity index is 2.98. The lowest BCUT2D eigenvalue weighted by molar-refractivity contribution is -0.105. The predicted octanol–water partition coefficient (Wildman–Crippen LogP) is -0.544. The summed E-state index contributed by atoms with van der Waals surface area (Å²) in [6, 6.07) is -0.543. The number of aromatic hydroxyl groups is 2. The first-order valence-electron chi connectivity index (χ1n) is 2.69. The molecule has 6 heteroatoms. The first-order chi connectivity index (χ1) is 5.24. The number of hydrogen-bond acceptors (Lipinski definition) is 5. The Bertz CT molecular complexity index is 276. The maximum atomic E-state index is 9.87. The van der Waals surface area contributed by atoms with Crippen molar-refractivity contribution in [1.29, 1.82) is 0 Å². The molecule has 1 rings (SSSR count). The highest BCUT2D eigenvalue weighted by Gasteiger charge is 2.02. The van der Waals surface area contributed by atoms with Crippen LogP contribution in [0.4, 0.5) is 5.69 Å². The third-order valence-electron chi connectivity index (χ3n) is 0.970. The zero-order valence-corrected chi connectivity index (χ0v) is 5.35. The van der Waals surface area contributed by atoms with E-state index < -0.39 is 11.9 Å². The van der Waals surface area contributed by atoms with Crippen LogP contribution in [0.15, 0.2) is 6.20 Å². The van der Waals surface area contributed by atoms with Gasteiger partial charge in [-0.1, -0.05) is 0 Å². The fourth-order valence-electron chi connectivity index (χ4n) is 0.529. The average molecular weight is 155 g/mol. The van der Waals surface area contributed by atoms with Gasteiger partial charge >= 0.3 is 6.01 Å². The van der Waals surface area contributed by atoms with E-state index in [-0.39, 0.29) is 5.69 Å². The van der Waals surface area contributed by atoms with Gasteiger partial charge in [-0.2, -0.15) is 4.98 Å². The minimum atomic E-state index is -0.543. The lowest BCUT2D eigenvalue weighted by atomic mass is 10.5. The number of nitrogens with zero attached hydrogens (tertiary/aromatic N) is 2. The molecule has 58 valence electrons. The van der Waals surface area contributed by atoms with Gasteiger partial charge in [-0.05, 0) is 0 Å². The standard InChI is InChI=1S/C5H5N3O3/c9-2-7-3-1-6-5(11)8-4(3)10/h1-2H,(H,7,9)(H2,6,8,10,11). The largest absolute Gasteiger partial charge is 0.492 e. The summed E-state index contributed by atoms with van der Waals surface area (Å²) in [5, 5.41) is 19.6. The molecule has 1 amide bonds. The van der Waals surface area contributed by atoms with Crippen LogP contribution < -0.4 is 5.32 Å². The van der Waals surface area contributed by atoms with Gasteiger partial charge in [0.05, 0.1) is 6.20 Å². The Morgan fingerprint density at radius 3 is 2.82 bits per heavy atom. The van der Waals surface area contributed by atoms with E-state index in [2.05, 4.69) is 15.3 Å². The van der Waals surface area contributed by atoms with Crippen molar-refractivity contribution in [3.8, 4) is 11.9 Å². The van der Waals surface area contributed by atoms with Gasteiger partial charge in [-0.25, -0.2) is 4.98 Å². The van der Waals surface area contributed by atoms with Crippen LogP contribution in [0, 0.1) is 0 Å². The lowest BCUT2D eigenvalue weighted by Gasteiger charge is -1.98. The number of nitrogens with one attached hydrogen (secondary N) is 1. The summed E-state index contributed by atoms with van der Waals surface area (Å²) in [5.41, 5.74) is 0.0535. The summed E-state index contributed by atoms with van der Waals surface area (Å²) in [6.45, 7) is 0. The van der Waals surface area contributed by atoms with E-state index in [0.29, 0.717) is 6.41 Å². The molecule has 0 bridgehead atoms. The maximum Gasteiger partial charge on any atom is 0.317 e. The first kappa shape index (κ1) is 7.26. The summed E-state index contributed by atoms with van der Waals surface area (Å²) >= 11 is 0. The Labute approximate surface area is 61.5 Å². The Kier molecular flexibility index (Phi) is 1.86. The maximum absolute atomic E-state index is 9.87. The summed E-state index contributed by atoms with van der Waals surface area (Å²) in [5.74, 6) is -0.468. The molecule has 1 heterocycles. The molecule has 0 aliphatic rings. The molecular weight excluding hydrogens is 150 g/mol. The highest BCUT2D eigenvalue weighted by Crippen LogP contribution is 2.19. The van der Waals surface area contributed by atoms with Crippen LogP contribution in [-0.2, 0) is 4.79 Å². The third kappa shape index (κ3) is 1.54. The molecule has 0 atom stereocenters. The number of anilines is 1. The number of rotatable bonds is 2. The number of carbonyl (C=O) groups excluding carboxylic acids is 1. The third-order valence-corrected chi connectivity index (χ3v) is 0.970. The Morgan fingerprint density at radius 1 is 1.55 bits per heavy atom. The van der Waals surface area contributed by atoms with E-state index in [0.717, 1.165) is 6.20 Å². The minimum absolute atomic E-state index is 0.0535. The van der Waals surface area contributed by atoms with Gasteiger partial charge < -0.3 is 15.5 Å². The molecule has 0 fully saturated rings. The van der Waals surface area contributed by atoms with Gasteiger partial charge in [0.25, 0.3) is 0 Å². The number of amides is 1. The molecule has 1 aromatic heterocycles. The second-order valence-electron chi connectivity index (χ2n) is 1.67. The molecule has 0 radical (unpaired) electrons. The second kappa shape index (κ2) is 2.82. The van der Waals surface area contributed by atoms with Crippen LogP contribution in [0.25, 0.3) is 0 Å². The topological polar surface area (TPSA) is 95.3 Å². The molecule has 11 heavy (non-hydrogen) atoms.